The lowest BCUT2D eigenvalue weighted by Gasteiger charge is -2.41. The molecule has 0 aliphatic carbocycles. The van der Waals surface area contributed by atoms with Crippen LogP contribution in [0.3, 0.4) is 0 Å². The van der Waals surface area contributed by atoms with Crippen LogP contribution in [0.25, 0.3) is 0 Å². The molecule has 0 N–H and O–H groups in total. The van der Waals surface area contributed by atoms with Crippen molar-refractivity contribution in [3.63, 3.8) is 0 Å². The van der Waals surface area contributed by atoms with Crippen LogP contribution in [0.5, 0.6) is 0 Å². The second-order valence-electron chi connectivity index (χ2n) is 7.52. The molecule has 2 aliphatic rings. The number of aryl methyl sites for hydroxylation is 1. The fraction of sp³-hybridized carbons (Fsp3) is 0.476. The number of rotatable bonds is 4. The van der Waals surface area contributed by atoms with E-state index in [2.05, 4.69) is 27.8 Å². The fourth-order valence-electron chi connectivity index (χ4n) is 4.27. The third-order valence-electron chi connectivity index (χ3n) is 5.77. The quantitative estimate of drug-likeness (QED) is 0.843. The van der Waals surface area contributed by atoms with Crippen molar-refractivity contribution in [3.8, 4) is 0 Å². The summed E-state index contributed by atoms with van der Waals surface area (Å²) < 4.78 is 19.5. The highest BCUT2D eigenvalue weighted by Crippen LogP contribution is 2.35. The summed E-state index contributed by atoms with van der Waals surface area (Å²) in [5, 5.41) is 0. The van der Waals surface area contributed by atoms with Gasteiger partial charge in [0.25, 0.3) is 0 Å². The van der Waals surface area contributed by atoms with Gasteiger partial charge in [0, 0.05) is 62.8 Å². The van der Waals surface area contributed by atoms with Gasteiger partial charge in [-0.1, -0.05) is 12.1 Å². The molecule has 1 aromatic heterocycles. The third-order valence-corrected chi connectivity index (χ3v) is 5.77. The second kappa shape index (κ2) is 7.33. The van der Waals surface area contributed by atoms with E-state index in [0.717, 1.165) is 51.3 Å². The van der Waals surface area contributed by atoms with Gasteiger partial charge in [0.05, 0.1) is 6.61 Å². The largest absolute Gasteiger partial charge is 0.380 e. The first-order chi connectivity index (χ1) is 12.7. The van der Waals surface area contributed by atoms with E-state index in [4.69, 9.17) is 4.74 Å². The Hall–Kier alpha value is -1.98. The molecule has 26 heavy (non-hydrogen) atoms. The van der Waals surface area contributed by atoms with Gasteiger partial charge in [-0.3, -0.25) is 9.88 Å². The molecule has 4 nitrogen and oxygen atoms in total. The number of pyridine rings is 1. The summed E-state index contributed by atoms with van der Waals surface area (Å²) in [5.74, 6) is -0.160. The van der Waals surface area contributed by atoms with E-state index in [9.17, 15) is 4.39 Å². The van der Waals surface area contributed by atoms with Crippen LogP contribution < -0.4 is 4.90 Å². The Labute approximate surface area is 154 Å². The summed E-state index contributed by atoms with van der Waals surface area (Å²) in [4.78, 5) is 9.14. The predicted molar refractivity (Wildman–Crippen MR) is 101 cm³/mol. The van der Waals surface area contributed by atoms with E-state index in [1.807, 2.05) is 24.5 Å². The molecule has 1 aromatic carbocycles. The number of ether oxygens (including phenoxy) is 1. The van der Waals surface area contributed by atoms with Crippen molar-refractivity contribution in [2.45, 2.75) is 18.8 Å². The van der Waals surface area contributed by atoms with Crippen molar-refractivity contribution < 1.29 is 9.13 Å². The smallest absolute Gasteiger partial charge is 0.123 e. The zero-order valence-corrected chi connectivity index (χ0v) is 15.3. The fourth-order valence-corrected chi connectivity index (χ4v) is 4.27. The molecule has 2 aliphatic heterocycles. The first-order valence-electron chi connectivity index (χ1n) is 9.38. The van der Waals surface area contributed by atoms with Crippen molar-refractivity contribution >= 4 is 5.69 Å². The van der Waals surface area contributed by atoms with E-state index in [1.165, 1.54) is 17.3 Å². The van der Waals surface area contributed by atoms with Crippen LogP contribution in [0.4, 0.5) is 10.1 Å². The van der Waals surface area contributed by atoms with E-state index in [-0.39, 0.29) is 11.2 Å². The van der Waals surface area contributed by atoms with Crippen LogP contribution in [0.1, 0.15) is 17.5 Å². The minimum atomic E-state index is -0.160. The molecule has 0 bridgehead atoms. The van der Waals surface area contributed by atoms with Crippen LogP contribution in [0, 0.1) is 12.7 Å². The maximum atomic E-state index is 13.8. The van der Waals surface area contributed by atoms with E-state index >= 15 is 0 Å². The number of halogens is 1. The maximum absolute atomic E-state index is 13.8. The van der Waals surface area contributed by atoms with Gasteiger partial charge in [-0.15, -0.1) is 0 Å². The Kier molecular flexibility index (Phi) is 4.92. The number of hydrogen-bond donors (Lipinski definition) is 0. The lowest BCUT2D eigenvalue weighted by Crippen LogP contribution is -2.51. The molecule has 3 heterocycles. The summed E-state index contributed by atoms with van der Waals surface area (Å²) in [7, 11) is 0. The monoisotopic (exact) mass is 355 g/mol. The first kappa shape index (κ1) is 17.4. The zero-order valence-electron chi connectivity index (χ0n) is 15.3. The molecule has 0 spiro atoms. The van der Waals surface area contributed by atoms with Gasteiger partial charge >= 0.3 is 0 Å². The minimum absolute atomic E-state index is 0.0865. The number of piperazine rings is 1. The highest BCUT2D eigenvalue weighted by molar-refractivity contribution is 5.51. The van der Waals surface area contributed by atoms with Crippen LogP contribution in [0.15, 0.2) is 42.7 Å². The van der Waals surface area contributed by atoms with Gasteiger partial charge in [-0.25, -0.2) is 4.39 Å². The normalized spacial score (nSPS) is 24.2. The van der Waals surface area contributed by atoms with Crippen LogP contribution in [0.2, 0.25) is 0 Å². The number of aromatic nitrogens is 1. The Bertz CT molecular complexity index is 752. The molecule has 0 saturated carbocycles. The molecular weight excluding hydrogens is 329 g/mol. The summed E-state index contributed by atoms with van der Waals surface area (Å²) >= 11 is 0. The molecule has 4 rings (SSSR count). The molecule has 2 fully saturated rings. The minimum Gasteiger partial charge on any atom is -0.380 e. The van der Waals surface area contributed by atoms with Crippen molar-refractivity contribution in [3.05, 3.63) is 59.7 Å². The molecular formula is C21H26FN3O. The third kappa shape index (κ3) is 3.46. The first-order valence-corrected chi connectivity index (χ1v) is 9.38. The van der Waals surface area contributed by atoms with Crippen LogP contribution >= 0.6 is 0 Å². The number of benzene rings is 1. The zero-order chi connectivity index (χ0) is 18.0. The molecule has 0 radical (unpaired) electrons. The highest BCUT2D eigenvalue weighted by Gasteiger charge is 2.39. The Balaban J connectivity index is 1.45. The Morgan fingerprint density at radius 1 is 1.19 bits per heavy atom. The molecule has 1 atom stereocenters. The van der Waals surface area contributed by atoms with E-state index in [0.29, 0.717) is 6.61 Å². The van der Waals surface area contributed by atoms with Crippen molar-refractivity contribution in [1.82, 2.24) is 9.88 Å². The number of nitrogens with zero attached hydrogens (tertiary/aromatic N) is 3. The Morgan fingerprint density at radius 3 is 2.73 bits per heavy atom. The number of hydrogen-bond acceptors (Lipinski definition) is 4. The van der Waals surface area contributed by atoms with Gasteiger partial charge < -0.3 is 9.64 Å². The maximum Gasteiger partial charge on any atom is 0.123 e. The second-order valence-corrected chi connectivity index (χ2v) is 7.52. The molecule has 2 saturated heterocycles. The van der Waals surface area contributed by atoms with Crippen molar-refractivity contribution in [2.24, 2.45) is 0 Å². The molecule has 5 heteroatoms. The summed E-state index contributed by atoms with van der Waals surface area (Å²) in [6.45, 7) is 8.52. The lowest BCUT2D eigenvalue weighted by atomic mass is 9.79. The highest BCUT2D eigenvalue weighted by atomic mass is 19.1. The van der Waals surface area contributed by atoms with Gasteiger partial charge in [-0.05, 0) is 42.7 Å². The Morgan fingerprint density at radius 2 is 2.04 bits per heavy atom. The van der Waals surface area contributed by atoms with Crippen LogP contribution in [-0.2, 0) is 10.2 Å². The standard InChI is InChI=1S/C21H26FN3O/c1-17-14-23-7-5-20(17)25-10-8-24(9-11-25)15-21(6-12-26-16-21)18-3-2-4-19(22)13-18/h2-5,7,13-14H,6,8-12,15-16H2,1H3/t21-/m0/s1. The van der Waals surface area contributed by atoms with Crippen LogP contribution in [-0.4, -0.2) is 55.8 Å². The van der Waals surface area contributed by atoms with E-state index < -0.39 is 0 Å². The topological polar surface area (TPSA) is 28.6 Å². The van der Waals surface area contributed by atoms with Crippen molar-refractivity contribution in [1.29, 1.82) is 0 Å². The number of anilines is 1. The lowest BCUT2D eigenvalue weighted by molar-refractivity contribution is 0.147. The SMILES string of the molecule is Cc1cnccc1N1CCN(C[C@@]2(c3cccc(F)c3)CCOC2)CC1. The summed E-state index contributed by atoms with van der Waals surface area (Å²) in [5.41, 5.74) is 3.49. The van der Waals surface area contributed by atoms with Gasteiger partial charge in [0.1, 0.15) is 5.82 Å². The predicted octanol–water partition coefficient (Wildman–Crippen LogP) is 3.01. The molecule has 0 amide bonds. The van der Waals surface area contributed by atoms with Crippen molar-refractivity contribution in [2.75, 3.05) is 50.8 Å². The van der Waals surface area contributed by atoms with Gasteiger partial charge in [0.2, 0.25) is 0 Å². The average molecular weight is 355 g/mol. The van der Waals surface area contributed by atoms with E-state index in [1.54, 1.807) is 6.07 Å². The molecule has 2 aromatic rings. The van der Waals surface area contributed by atoms with Gasteiger partial charge in [-0.2, -0.15) is 0 Å². The molecule has 138 valence electrons. The molecule has 0 unspecified atom stereocenters. The summed E-state index contributed by atoms with van der Waals surface area (Å²) in [6.07, 6.45) is 4.75. The van der Waals surface area contributed by atoms with Gasteiger partial charge in [0.15, 0.2) is 0 Å². The average Bonchev–Trinajstić information content (AvgIpc) is 3.13. The summed E-state index contributed by atoms with van der Waals surface area (Å²) in [6, 6.07) is 9.17.